The molecule has 0 spiro atoms. The lowest BCUT2D eigenvalue weighted by molar-refractivity contribution is 0.151. The van der Waals surface area contributed by atoms with Crippen molar-refractivity contribution in [3.63, 3.8) is 0 Å². The Morgan fingerprint density at radius 2 is 2.16 bits per heavy atom. The van der Waals surface area contributed by atoms with Gasteiger partial charge in [-0.15, -0.1) is 0 Å². The molecular formula is C12H13N3O3S. The SMILES string of the molecule is O=S(=O)(NC1c2ccccc2CC1O)c1cnc[nH]1. The van der Waals surface area contributed by atoms with Crippen molar-refractivity contribution in [1.29, 1.82) is 0 Å². The van der Waals surface area contributed by atoms with Gasteiger partial charge in [-0.2, -0.15) is 4.72 Å². The summed E-state index contributed by atoms with van der Waals surface area (Å²) < 4.78 is 26.7. The molecule has 1 aromatic heterocycles. The number of imidazole rings is 1. The van der Waals surface area contributed by atoms with E-state index in [0.717, 1.165) is 11.1 Å². The molecule has 1 heterocycles. The number of fused-ring (bicyclic) bond motifs is 1. The molecule has 0 radical (unpaired) electrons. The molecule has 1 aromatic carbocycles. The summed E-state index contributed by atoms with van der Waals surface area (Å²) in [6.07, 6.45) is 2.23. The maximum Gasteiger partial charge on any atom is 0.258 e. The molecular weight excluding hydrogens is 266 g/mol. The normalized spacial score (nSPS) is 22.4. The van der Waals surface area contributed by atoms with Crippen molar-refractivity contribution in [2.24, 2.45) is 0 Å². The van der Waals surface area contributed by atoms with Gasteiger partial charge < -0.3 is 10.1 Å². The summed E-state index contributed by atoms with van der Waals surface area (Å²) in [4.78, 5) is 6.24. The lowest BCUT2D eigenvalue weighted by Crippen LogP contribution is -2.34. The summed E-state index contributed by atoms with van der Waals surface area (Å²) in [5.41, 5.74) is 1.78. The number of nitrogens with one attached hydrogen (secondary N) is 2. The van der Waals surface area contributed by atoms with Crippen LogP contribution in [0.25, 0.3) is 0 Å². The number of aromatic nitrogens is 2. The van der Waals surface area contributed by atoms with Gasteiger partial charge in [0, 0.05) is 6.42 Å². The van der Waals surface area contributed by atoms with Crippen molar-refractivity contribution in [1.82, 2.24) is 14.7 Å². The number of hydrogen-bond donors (Lipinski definition) is 3. The lowest BCUT2D eigenvalue weighted by atomic mass is 10.1. The summed E-state index contributed by atoms with van der Waals surface area (Å²) in [5, 5.41) is 10.0. The quantitative estimate of drug-likeness (QED) is 0.755. The topological polar surface area (TPSA) is 95.1 Å². The van der Waals surface area contributed by atoms with Gasteiger partial charge in [-0.1, -0.05) is 24.3 Å². The summed E-state index contributed by atoms with van der Waals surface area (Å²) in [6, 6.07) is 6.80. The van der Waals surface area contributed by atoms with Crippen LogP contribution in [0.3, 0.4) is 0 Å². The number of nitrogens with zero attached hydrogens (tertiary/aromatic N) is 1. The molecule has 0 saturated carbocycles. The Morgan fingerprint density at radius 3 is 2.89 bits per heavy atom. The van der Waals surface area contributed by atoms with Gasteiger partial charge in [0.15, 0.2) is 5.03 Å². The Bertz CT molecular complexity index is 682. The van der Waals surface area contributed by atoms with Crippen LogP contribution in [0.1, 0.15) is 17.2 Å². The standard InChI is InChI=1S/C12H13N3O3S/c16-10-5-8-3-1-2-4-9(8)12(10)15-19(17,18)11-6-13-7-14-11/h1-4,6-7,10,12,15-16H,5H2,(H,13,14). The van der Waals surface area contributed by atoms with E-state index in [9.17, 15) is 13.5 Å². The molecule has 1 aliphatic rings. The number of rotatable bonds is 3. The Hall–Kier alpha value is -1.70. The molecule has 0 saturated heterocycles. The fraction of sp³-hybridized carbons (Fsp3) is 0.250. The second-order valence-corrected chi connectivity index (χ2v) is 6.17. The summed E-state index contributed by atoms with van der Waals surface area (Å²) in [7, 11) is -3.70. The van der Waals surface area contributed by atoms with Crippen LogP contribution in [0, 0.1) is 0 Å². The van der Waals surface area contributed by atoms with Crippen LogP contribution in [-0.4, -0.2) is 29.6 Å². The maximum absolute atomic E-state index is 12.1. The molecule has 0 bridgehead atoms. The smallest absolute Gasteiger partial charge is 0.258 e. The monoisotopic (exact) mass is 279 g/mol. The van der Waals surface area contributed by atoms with E-state index in [1.807, 2.05) is 24.3 Å². The van der Waals surface area contributed by atoms with Crippen molar-refractivity contribution in [3.8, 4) is 0 Å². The number of hydrogen-bond acceptors (Lipinski definition) is 4. The molecule has 0 aliphatic heterocycles. The van der Waals surface area contributed by atoms with E-state index in [2.05, 4.69) is 14.7 Å². The molecule has 100 valence electrons. The summed E-state index contributed by atoms with van der Waals surface area (Å²) >= 11 is 0. The van der Waals surface area contributed by atoms with E-state index in [1.54, 1.807) is 0 Å². The van der Waals surface area contributed by atoms with Gasteiger partial charge in [0.1, 0.15) is 0 Å². The lowest BCUT2D eigenvalue weighted by Gasteiger charge is -2.17. The van der Waals surface area contributed by atoms with Gasteiger partial charge in [0.25, 0.3) is 10.0 Å². The van der Waals surface area contributed by atoms with Crippen LogP contribution >= 0.6 is 0 Å². The zero-order valence-corrected chi connectivity index (χ0v) is 10.8. The van der Waals surface area contributed by atoms with E-state index in [0.29, 0.717) is 6.42 Å². The van der Waals surface area contributed by atoms with Crippen molar-refractivity contribution in [2.75, 3.05) is 0 Å². The van der Waals surface area contributed by atoms with E-state index >= 15 is 0 Å². The first kappa shape index (κ1) is 12.3. The molecule has 2 atom stereocenters. The highest BCUT2D eigenvalue weighted by Gasteiger charge is 2.34. The van der Waals surface area contributed by atoms with Gasteiger partial charge in [0.2, 0.25) is 0 Å². The molecule has 2 unspecified atom stereocenters. The third kappa shape index (κ3) is 2.16. The molecule has 7 heteroatoms. The van der Waals surface area contributed by atoms with Gasteiger partial charge >= 0.3 is 0 Å². The molecule has 1 aliphatic carbocycles. The highest BCUT2D eigenvalue weighted by atomic mass is 32.2. The Labute approximate surface area is 110 Å². The van der Waals surface area contributed by atoms with Crippen LogP contribution in [0.4, 0.5) is 0 Å². The minimum absolute atomic E-state index is 0.0101. The molecule has 3 rings (SSSR count). The Morgan fingerprint density at radius 1 is 1.37 bits per heavy atom. The van der Waals surface area contributed by atoms with Crippen LogP contribution in [-0.2, 0) is 16.4 Å². The predicted octanol–water partition coefficient (Wildman–Crippen LogP) is 0.346. The molecule has 6 nitrogen and oxygen atoms in total. The van der Waals surface area contributed by atoms with Gasteiger partial charge in [-0.3, -0.25) is 0 Å². The maximum atomic E-state index is 12.1. The molecule has 0 amide bonds. The fourth-order valence-electron chi connectivity index (χ4n) is 2.34. The van der Waals surface area contributed by atoms with E-state index in [1.165, 1.54) is 12.5 Å². The molecule has 3 N–H and O–H groups in total. The third-order valence-electron chi connectivity index (χ3n) is 3.25. The zero-order chi connectivity index (χ0) is 13.5. The summed E-state index contributed by atoms with van der Waals surface area (Å²) in [6.45, 7) is 0. The minimum Gasteiger partial charge on any atom is -0.391 e. The second-order valence-electron chi connectivity index (χ2n) is 4.49. The molecule has 2 aromatic rings. The second kappa shape index (κ2) is 4.44. The highest BCUT2D eigenvalue weighted by molar-refractivity contribution is 7.89. The van der Waals surface area contributed by atoms with Crippen LogP contribution in [0.2, 0.25) is 0 Å². The molecule has 19 heavy (non-hydrogen) atoms. The third-order valence-corrected chi connectivity index (χ3v) is 4.62. The van der Waals surface area contributed by atoms with Crippen LogP contribution < -0.4 is 4.72 Å². The van der Waals surface area contributed by atoms with E-state index in [-0.39, 0.29) is 5.03 Å². The van der Waals surface area contributed by atoms with Crippen molar-refractivity contribution >= 4 is 10.0 Å². The fourth-order valence-corrected chi connectivity index (χ4v) is 3.49. The van der Waals surface area contributed by atoms with Gasteiger partial charge in [-0.05, 0) is 11.1 Å². The minimum atomic E-state index is -3.70. The van der Waals surface area contributed by atoms with Crippen molar-refractivity contribution < 1.29 is 13.5 Å². The summed E-state index contributed by atoms with van der Waals surface area (Å²) in [5.74, 6) is 0. The Kier molecular flexibility index (Phi) is 2.89. The average Bonchev–Trinajstić information content (AvgIpc) is 2.99. The number of aromatic amines is 1. The van der Waals surface area contributed by atoms with Gasteiger partial charge in [-0.25, -0.2) is 13.4 Å². The van der Waals surface area contributed by atoms with E-state index < -0.39 is 22.2 Å². The van der Waals surface area contributed by atoms with Gasteiger partial charge in [0.05, 0.1) is 24.7 Å². The average molecular weight is 279 g/mol. The highest BCUT2D eigenvalue weighted by Crippen LogP contribution is 2.32. The Balaban J connectivity index is 1.92. The first-order valence-corrected chi connectivity index (χ1v) is 7.33. The largest absolute Gasteiger partial charge is 0.391 e. The molecule has 0 fully saturated rings. The number of sulfonamides is 1. The van der Waals surface area contributed by atoms with Crippen molar-refractivity contribution in [3.05, 3.63) is 47.9 Å². The number of aliphatic hydroxyl groups excluding tert-OH is 1. The van der Waals surface area contributed by atoms with Crippen LogP contribution in [0.15, 0.2) is 41.8 Å². The zero-order valence-electron chi connectivity index (χ0n) is 9.95. The number of H-pyrrole nitrogens is 1. The number of aliphatic hydroxyl groups is 1. The predicted molar refractivity (Wildman–Crippen MR) is 67.8 cm³/mol. The first-order valence-electron chi connectivity index (χ1n) is 5.84. The first-order chi connectivity index (χ1) is 9.08. The number of benzene rings is 1. The van der Waals surface area contributed by atoms with E-state index in [4.69, 9.17) is 0 Å². The van der Waals surface area contributed by atoms with Crippen molar-refractivity contribution in [2.45, 2.75) is 23.6 Å². The van der Waals surface area contributed by atoms with Crippen LogP contribution in [0.5, 0.6) is 0 Å².